The molecule has 232 valence electrons. The minimum atomic E-state index is -1.63. The van der Waals surface area contributed by atoms with Crippen LogP contribution in [0.4, 0.5) is 4.39 Å². The number of carbonyl (C=O) groups excluding carboxylic acids is 3. The zero-order chi connectivity index (χ0) is 31.4. The van der Waals surface area contributed by atoms with Gasteiger partial charge in [0.15, 0.2) is 10.9 Å². The number of ether oxygens (including phenoxy) is 1. The molecule has 0 fully saturated rings. The topological polar surface area (TPSA) is 103 Å². The quantitative estimate of drug-likeness (QED) is 0.179. The highest BCUT2D eigenvalue weighted by molar-refractivity contribution is 8.13. The van der Waals surface area contributed by atoms with Crippen LogP contribution in [0.3, 0.4) is 0 Å². The van der Waals surface area contributed by atoms with E-state index in [1.165, 1.54) is 18.7 Å². The van der Waals surface area contributed by atoms with Gasteiger partial charge in [-0.2, -0.15) is 5.10 Å². The molecule has 0 saturated carbocycles. The van der Waals surface area contributed by atoms with Gasteiger partial charge in [0.2, 0.25) is 12.3 Å². The maximum atomic E-state index is 14.0. The van der Waals surface area contributed by atoms with E-state index in [4.69, 9.17) is 9.72 Å². The fourth-order valence-corrected chi connectivity index (χ4v) is 5.45. The Balaban J connectivity index is 1.71. The summed E-state index contributed by atoms with van der Waals surface area (Å²) in [5.74, 6) is 1.13. The summed E-state index contributed by atoms with van der Waals surface area (Å²) < 4.78 is 20.8. The first-order chi connectivity index (χ1) is 20.6. The maximum absolute atomic E-state index is 14.0. The second-order valence-corrected chi connectivity index (χ2v) is 12.2. The molecule has 1 aromatic heterocycles. The Labute approximate surface area is 258 Å². The van der Waals surface area contributed by atoms with Crippen LogP contribution in [0.2, 0.25) is 0 Å². The third-order valence-corrected chi connectivity index (χ3v) is 7.77. The highest BCUT2D eigenvalue weighted by atomic mass is 32.2. The third kappa shape index (κ3) is 10.6. The Morgan fingerprint density at radius 1 is 1.05 bits per heavy atom. The number of amides is 1. The van der Waals surface area contributed by atoms with Crippen LogP contribution in [0, 0.1) is 11.8 Å². The number of hydrogen-bond acceptors (Lipinski definition) is 7. The molecule has 0 bridgehead atoms. The summed E-state index contributed by atoms with van der Waals surface area (Å²) in [6.45, 7) is 10.3. The molecule has 2 atom stereocenters. The second kappa shape index (κ2) is 16.9. The second-order valence-electron chi connectivity index (χ2n) is 11.0. The molecule has 0 saturated heterocycles. The molecular formula is C33H43FN4O4S. The average Bonchev–Trinajstić information content (AvgIpc) is 3.35. The average molecular weight is 611 g/mol. The van der Waals surface area contributed by atoms with Crippen LogP contribution in [0.5, 0.6) is 0 Å². The van der Waals surface area contributed by atoms with Gasteiger partial charge in [-0.1, -0.05) is 81.9 Å². The van der Waals surface area contributed by atoms with Gasteiger partial charge in [0.05, 0.1) is 18.7 Å². The van der Waals surface area contributed by atoms with Crippen molar-refractivity contribution in [2.75, 3.05) is 5.75 Å². The number of rotatable bonds is 16. The Bertz CT molecular complexity index is 1360. The van der Waals surface area contributed by atoms with Gasteiger partial charge >= 0.3 is 5.97 Å². The van der Waals surface area contributed by atoms with Gasteiger partial charge in [0.1, 0.15) is 5.82 Å². The van der Waals surface area contributed by atoms with Crippen LogP contribution in [0.15, 0.2) is 48.5 Å². The first-order valence-corrected chi connectivity index (χ1v) is 16.0. The monoisotopic (exact) mass is 610 g/mol. The van der Waals surface area contributed by atoms with Crippen molar-refractivity contribution < 1.29 is 23.5 Å². The lowest BCUT2D eigenvalue weighted by Gasteiger charge is -2.17. The van der Waals surface area contributed by atoms with Crippen molar-refractivity contribution in [2.24, 2.45) is 11.8 Å². The molecule has 2 unspecified atom stereocenters. The summed E-state index contributed by atoms with van der Waals surface area (Å²) in [6, 6.07) is 14.8. The number of nitrogens with one attached hydrogen (secondary N) is 1. The number of aryl methyl sites for hydroxylation is 1. The van der Waals surface area contributed by atoms with Crippen LogP contribution in [-0.2, 0) is 33.8 Å². The van der Waals surface area contributed by atoms with Crippen LogP contribution < -0.4 is 5.32 Å². The highest BCUT2D eigenvalue weighted by Gasteiger charge is 2.22. The maximum Gasteiger partial charge on any atom is 0.341 e. The van der Waals surface area contributed by atoms with Crippen molar-refractivity contribution in [2.45, 2.75) is 86.2 Å². The molecule has 1 amide bonds. The first-order valence-electron chi connectivity index (χ1n) is 15.0. The predicted octanol–water partition coefficient (Wildman–Crippen LogP) is 6.76. The van der Waals surface area contributed by atoms with Gasteiger partial charge in [-0.25, -0.2) is 18.9 Å². The number of alkyl halides is 1. The molecule has 0 aliphatic carbocycles. The molecule has 3 rings (SSSR count). The van der Waals surface area contributed by atoms with Crippen molar-refractivity contribution in [3.05, 3.63) is 71.3 Å². The lowest BCUT2D eigenvalue weighted by molar-refractivity contribution is -0.125. The van der Waals surface area contributed by atoms with Crippen molar-refractivity contribution in [3.8, 4) is 11.1 Å². The fraction of sp³-hybridized carbons (Fsp3) is 0.485. The van der Waals surface area contributed by atoms with E-state index >= 15 is 0 Å². The summed E-state index contributed by atoms with van der Waals surface area (Å²) in [4.78, 5) is 41.7. The summed E-state index contributed by atoms with van der Waals surface area (Å²) in [6.07, 6.45) is 1.46. The van der Waals surface area contributed by atoms with Crippen molar-refractivity contribution >= 4 is 28.8 Å². The molecule has 43 heavy (non-hydrogen) atoms. The molecule has 0 aliphatic heterocycles. The van der Waals surface area contributed by atoms with Gasteiger partial charge in [-0.3, -0.25) is 9.59 Å². The molecule has 10 heteroatoms. The largest absolute Gasteiger partial charge is 0.428 e. The van der Waals surface area contributed by atoms with Crippen LogP contribution >= 0.6 is 11.8 Å². The lowest BCUT2D eigenvalue weighted by Crippen LogP contribution is -2.33. The number of aromatic nitrogens is 3. The summed E-state index contributed by atoms with van der Waals surface area (Å²) in [7, 11) is 0. The molecule has 0 radical (unpaired) electrons. The summed E-state index contributed by atoms with van der Waals surface area (Å²) in [5.41, 5.74) is 2.80. The number of nitrogens with zero attached hydrogens (tertiary/aromatic N) is 3. The molecule has 2 aromatic carbocycles. The van der Waals surface area contributed by atoms with E-state index in [0.29, 0.717) is 48.0 Å². The minimum absolute atomic E-state index is 0.00303. The van der Waals surface area contributed by atoms with Crippen LogP contribution in [-0.4, -0.2) is 43.9 Å². The van der Waals surface area contributed by atoms with Crippen molar-refractivity contribution in [1.29, 1.82) is 0 Å². The van der Waals surface area contributed by atoms with E-state index in [2.05, 4.69) is 31.2 Å². The van der Waals surface area contributed by atoms with E-state index in [-0.39, 0.29) is 29.9 Å². The van der Waals surface area contributed by atoms with Gasteiger partial charge < -0.3 is 10.1 Å². The molecule has 8 nitrogen and oxygen atoms in total. The van der Waals surface area contributed by atoms with Crippen LogP contribution in [0.1, 0.15) is 87.9 Å². The number of halogens is 1. The Kier molecular flexibility index (Phi) is 13.4. The number of benzene rings is 2. The molecule has 0 aliphatic rings. The van der Waals surface area contributed by atoms with Gasteiger partial charge in [0, 0.05) is 31.4 Å². The van der Waals surface area contributed by atoms with Crippen molar-refractivity contribution in [1.82, 2.24) is 20.1 Å². The van der Waals surface area contributed by atoms with Gasteiger partial charge in [-0.05, 0) is 47.9 Å². The molecule has 1 heterocycles. The normalized spacial score (nSPS) is 12.6. The zero-order valence-electron chi connectivity index (χ0n) is 25.8. The summed E-state index contributed by atoms with van der Waals surface area (Å²) in [5, 5.41) is 7.66. The SMILES string of the molecule is CCCc1nc(CNC(=O)C(CSC(C)=O)CC(C)C)nn1Cc1ccc(-c2ccccc2C(=O)OC(F)CCC)cc1. The number of esters is 1. The first kappa shape index (κ1) is 34.0. The number of hydrogen-bond donors (Lipinski definition) is 1. The zero-order valence-corrected chi connectivity index (χ0v) is 26.6. The van der Waals surface area contributed by atoms with Crippen LogP contribution in [0.25, 0.3) is 11.1 Å². The highest BCUT2D eigenvalue weighted by Crippen LogP contribution is 2.26. The number of thioether (sulfide) groups is 1. The van der Waals surface area contributed by atoms with E-state index in [1.54, 1.807) is 12.1 Å². The van der Waals surface area contributed by atoms with E-state index in [1.807, 2.05) is 48.0 Å². The van der Waals surface area contributed by atoms with E-state index in [9.17, 15) is 18.8 Å². The fourth-order valence-electron chi connectivity index (χ4n) is 4.73. The van der Waals surface area contributed by atoms with E-state index < -0.39 is 12.3 Å². The molecule has 3 aromatic rings. The standard InChI is InChI=1S/C33H43FN4O4S/c1-6-10-29(34)42-33(41)28-13-9-8-12-27(28)25-16-14-24(15-17-25)20-38-31(11-7-2)36-30(37-38)19-35-32(40)26(18-22(3)4)21-43-23(5)39/h8-9,12-17,22,26,29H,6-7,10-11,18-21H2,1-5H3,(H,35,40). The van der Waals surface area contributed by atoms with Crippen molar-refractivity contribution in [3.63, 3.8) is 0 Å². The Morgan fingerprint density at radius 2 is 1.77 bits per heavy atom. The minimum Gasteiger partial charge on any atom is -0.428 e. The molecular weight excluding hydrogens is 567 g/mol. The molecule has 0 spiro atoms. The predicted molar refractivity (Wildman–Crippen MR) is 168 cm³/mol. The Hall–Kier alpha value is -3.53. The van der Waals surface area contributed by atoms with E-state index in [0.717, 1.165) is 29.8 Å². The van der Waals surface area contributed by atoms with Gasteiger partial charge in [0.25, 0.3) is 0 Å². The van der Waals surface area contributed by atoms with Gasteiger partial charge in [-0.15, -0.1) is 0 Å². The number of carbonyl (C=O) groups is 3. The molecule has 1 N–H and O–H groups in total. The smallest absolute Gasteiger partial charge is 0.341 e. The summed E-state index contributed by atoms with van der Waals surface area (Å²) >= 11 is 1.18. The lowest BCUT2D eigenvalue weighted by atomic mass is 9.98. The Morgan fingerprint density at radius 3 is 2.42 bits per heavy atom. The third-order valence-electron chi connectivity index (χ3n) is 6.80.